The first-order valence-electron chi connectivity index (χ1n) is 2.40. The zero-order chi connectivity index (χ0) is 5.98. The number of rotatable bonds is 1. The fourth-order valence-corrected chi connectivity index (χ4v) is 0.536. The molecule has 0 spiro atoms. The first-order chi connectivity index (χ1) is 3.83. The van der Waals surface area contributed by atoms with Crippen LogP contribution in [0.3, 0.4) is 0 Å². The third-order valence-electron chi connectivity index (χ3n) is 0.969. The Morgan fingerprint density at radius 2 is 2.75 bits per heavy atom. The molecule has 1 saturated heterocycles. The van der Waals surface area contributed by atoms with Gasteiger partial charge in [0.25, 0.3) is 0 Å². The van der Waals surface area contributed by atoms with Crippen molar-refractivity contribution in [2.75, 3.05) is 6.54 Å². The first kappa shape index (κ1) is 5.15. The van der Waals surface area contributed by atoms with Crippen LogP contribution in [0, 0.1) is 0 Å². The smallest absolute Gasteiger partial charge is 0.407 e. The van der Waals surface area contributed by atoms with Crippen LogP contribution in [0.15, 0.2) is 12.7 Å². The van der Waals surface area contributed by atoms with E-state index in [-0.39, 0.29) is 12.2 Å². The predicted molar refractivity (Wildman–Crippen MR) is 28.5 cm³/mol. The summed E-state index contributed by atoms with van der Waals surface area (Å²) in [6.45, 7) is 4.02. The summed E-state index contributed by atoms with van der Waals surface area (Å²) in [5.74, 6) is 0. The van der Waals surface area contributed by atoms with E-state index in [4.69, 9.17) is 0 Å². The number of hydrogen-bond donors (Lipinski definition) is 1. The van der Waals surface area contributed by atoms with Gasteiger partial charge in [-0.25, -0.2) is 4.79 Å². The number of ether oxygens (including phenoxy) is 1. The molecule has 1 N–H and O–H groups in total. The first-order valence-corrected chi connectivity index (χ1v) is 2.40. The number of amides is 1. The van der Waals surface area contributed by atoms with Crippen molar-refractivity contribution in [3.8, 4) is 0 Å². The van der Waals surface area contributed by atoms with Gasteiger partial charge in [-0.2, -0.15) is 0 Å². The molecule has 0 bridgehead atoms. The molecule has 0 saturated carbocycles. The van der Waals surface area contributed by atoms with Gasteiger partial charge in [-0.1, -0.05) is 6.58 Å². The van der Waals surface area contributed by atoms with Crippen LogP contribution in [0.1, 0.15) is 0 Å². The van der Waals surface area contributed by atoms with E-state index in [9.17, 15) is 4.79 Å². The molecule has 1 aliphatic heterocycles. The summed E-state index contributed by atoms with van der Waals surface area (Å²) in [4.78, 5) is 10.2. The van der Waals surface area contributed by atoms with Gasteiger partial charge < -0.3 is 10.1 Å². The zero-order valence-corrected chi connectivity index (χ0v) is 4.39. The van der Waals surface area contributed by atoms with Gasteiger partial charge in [0.2, 0.25) is 0 Å². The Morgan fingerprint density at radius 1 is 2.00 bits per heavy atom. The third-order valence-corrected chi connectivity index (χ3v) is 0.969. The Labute approximate surface area is 47.3 Å². The predicted octanol–water partition coefficient (Wildman–Crippen LogP) is 0.281. The molecule has 8 heavy (non-hydrogen) atoms. The van der Waals surface area contributed by atoms with Crippen LogP contribution in [0.25, 0.3) is 0 Å². The van der Waals surface area contributed by atoms with Gasteiger partial charge in [-0.05, 0) is 6.08 Å². The monoisotopic (exact) mass is 113 g/mol. The maximum atomic E-state index is 10.2. The van der Waals surface area contributed by atoms with Crippen molar-refractivity contribution in [2.24, 2.45) is 0 Å². The van der Waals surface area contributed by atoms with E-state index < -0.39 is 0 Å². The normalized spacial score (nSPS) is 26.5. The van der Waals surface area contributed by atoms with Gasteiger partial charge in [0, 0.05) is 0 Å². The van der Waals surface area contributed by atoms with E-state index in [1.807, 2.05) is 0 Å². The lowest BCUT2D eigenvalue weighted by Gasteiger charge is -1.95. The van der Waals surface area contributed by atoms with Crippen molar-refractivity contribution >= 4 is 6.09 Å². The van der Waals surface area contributed by atoms with Crippen LogP contribution >= 0.6 is 0 Å². The number of alkyl carbamates (subject to hydrolysis) is 1. The molecule has 1 aliphatic rings. The largest absolute Gasteiger partial charge is 0.440 e. The second-order valence-electron chi connectivity index (χ2n) is 1.56. The van der Waals surface area contributed by atoms with Crippen LogP contribution in [-0.2, 0) is 4.74 Å². The topological polar surface area (TPSA) is 38.3 Å². The van der Waals surface area contributed by atoms with E-state index in [1.165, 1.54) is 0 Å². The Kier molecular flexibility index (Phi) is 1.20. The third kappa shape index (κ3) is 0.804. The van der Waals surface area contributed by atoms with Crippen molar-refractivity contribution in [1.82, 2.24) is 5.32 Å². The summed E-state index contributed by atoms with van der Waals surface area (Å²) in [5, 5.41) is 2.49. The molecule has 0 radical (unpaired) electrons. The molecular formula is C5H7NO2. The van der Waals surface area contributed by atoms with Crippen LogP contribution in [0.2, 0.25) is 0 Å². The molecular weight excluding hydrogens is 106 g/mol. The summed E-state index contributed by atoms with van der Waals surface area (Å²) in [5.41, 5.74) is 0. The zero-order valence-electron chi connectivity index (χ0n) is 4.39. The lowest BCUT2D eigenvalue weighted by atomic mass is 10.4. The van der Waals surface area contributed by atoms with E-state index >= 15 is 0 Å². The highest BCUT2D eigenvalue weighted by atomic mass is 16.6. The van der Waals surface area contributed by atoms with Gasteiger partial charge >= 0.3 is 6.09 Å². The number of hydrogen-bond acceptors (Lipinski definition) is 2. The molecule has 44 valence electrons. The average molecular weight is 113 g/mol. The average Bonchev–Trinajstić information content (AvgIpc) is 2.14. The molecule has 1 fully saturated rings. The van der Waals surface area contributed by atoms with Crippen molar-refractivity contribution in [2.45, 2.75) is 6.10 Å². The standard InChI is InChI=1S/C5H7NO2/c1-2-4-3-6-5(7)8-4/h2,4H,1,3H2,(H,6,7)/t4-/m1/s1. The van der Waals surface area contributed by atoms with Gasteiger partial charge in [-0.15, -0.1) is 0 Å². The maximum Gasteiger partial charge on any atom is 0.407 e. The van der Waals surface area contributed by atoms with Crippen LogP contribution in [0.5, 0.6) is 0 Å². The number of carbonyl (C=O) groups is 1. The van der Waals surface area contributed by atoms with Gasteiger partial charge in [0.15, 0.2) is 0 Å². The van der Waals surface area contributed by atoms with Gasteiger partial charge in [0.05, 0.1) is 6.54 Å². The van der Waals surface area contributed by atoms with Gasteiger partial charge in [0.1, 0.15) is 6.10 Å². The Bertz CT molecular complexity index is 122. The Hall–Kier alpha value is -0.990. The highest BCUT2D eigenvalue weighted by Gasteiger charge is 2.18. The molecule has 0 unspecified atom stereocenters. The van der Waals surface area contributed by atoms with Gasteiger partial charge in [-0.3, -0.25) is 0 Å². The highest BCUT2D eigenvalue weighted by Crippen LogP contribution is 1.98. The SMILES string of the molecule is C=C[C@@H]1CNC(=O)O1. The van der Waals surface area contributed by atoms with Crippen molar-refractivity contribution in [3.05, 3.63) is 12.7 Å². The van der Waals surface area contributed by atoms with E-state index in [0.717, 1.165) is 0 Å². The van der Waals surface area contributed by atoms with Crippen molar-refractivity contribution in [1.29, 1.82) is 0 Å². The molecule has 1 amide bonds. The molecule has 0 aliphatic carbocycles. The number of nitrogens with one attached hydrogen (secondary N) is 1. The highest BCUT2D eigenvalue weighted by molar-refractivity contribution is 5.69. The lowest BCUT2D eigenvalue weighted by molar-refractivity contribution is 0.158. The summed E-state index contributed by atoms with van der Waals surface area (Å²) in [6, 6.07) is 0. The minimum atomic E-state index is -0.352. The molecule has 3 nitrogen and oxygen atoms in total. The number of cyclic esters (lactones) is 1. The minimum Gasteiger partial charge on any atom is -0.440 e. The Balaban J connectivity index is 2.43. The summed E-state index contributed by atoms with van der Waals surface area (Å²) >= 11 is 0. The van der Waals surface area contributed by atoms with Crippen molar-refractivity contribution in [3.63, 3.8) is 0 Å². The maximum absolute atomic E-state index is 10.2. The van der Waals surface area contributed by atoms with E-state index in [1.54, 1.807) is 6.08 Å². The molecule has 1 rings (SSSR count). The molecule has 3 heteroatoms. The molecule has 0 aromatic rings. The summed E-state index contributed by atoms with van der Waals surface area (Å²) in [6.07, 6.45) is 1.12. The van der Waals surface area contributed by atoms with Crippen LogP contribution in [0.4, 0.5) is 4.79 Å². The molecule has 1 heterocycles. The lowest BCUT2D eigenvalue weighted by Crippen LogP contribution is -2.13. The number of carbonyl (C=O) groups excluding carboxylic acids is 1. The Morgan fingerprint density at radius 3 is 3.00 bits per heavy atom. The molecule has 0 aromatic carbocycles. The quantitative estimate of drug-likeness (QED) is 0.496. The van der Waals surface area contributed by atoms with Crippen molar-refractivity contribution < 1.29 is 9.53 Å². The summed E-state index contributed by atoms with van der Waals surface area (Å²) < 4.78 is 4.64. The fraction of sp³-hybridized carbons (Fsp3) is 0.400. The van der Waals surface area contributed by atoms with Crippen LogP contribution in [-0.4, -0.2) is 18.7 Å². The fourth-order valence-electron chi connectivity index (χ4n) is 0.536. The second-order valence-corrected chi connectivity index (χ2v) is 1.56. The van der Waals surface area contributed by atoms with Crippen LogP contribution < -0.4 is 5.32 Å². The molecule has 1 atom stereocenters. The van der Waals surface area contributed by atoms with E-state index in [0.29, 0.717) is 6.54 Å². The summed E-state index contributed by atoms with van der Waals surface area (Å²) in [7, 11) is 0. The minimum absolute atomic E-state index is 0.123. The second kappa shape index (κ2) is 1.86. The molecule has 0 aromatic heterocycles. The van der Waals surface area contributed by atoms with E-state index in [2.05, 4.69) is 16.6 Å².